The first-order valence-electron chi connectivity index (χ1n) is 6.26. The minimum Gasteiger partial charge on any atom is -0.384 e. The first-order chi connectivity index (χ1) is 9.65. The molecule has 0 aliphatic heterocycles. The fourth-order valence-electron chi connectivity index (χ4n) is 1.80. The molecule has 4 nitrogen and oxygen atoms in total. The van der Waals surface area contributed by atoms with Crippen molar-refractivity contribution in [3.63, 3.8) is 0 Å². The summed E-state index contributed by atoms with van der Waals surface area (Å²) in [7, 11) is 0. The molecule has 0 amide bonds. The molecular weight excluding hydrogens is 257 g/mol. The maximum absolute atomic E-state index is 13.3. The van der Waals surface area contributed by atoms with Gasteiger partial charge in [-0.25, -0.2) is 4.39 Å². The number of halogens is 1. The summed E-state index contributed by atoms with van der Waals surface area (Å²) in [5, 5.41) is 7.32. The van der Waals surface area contributed by atoms with Crippen LogP contribution >= 0.6 is 0 Å². The topological polar surface area (TPSA) is 72.0 Å². The first kappa shape index (κ1) is 14.1. The third-order valence-corrected chi connectivity index (χ3v) is 2.77. The molecule has 0 aliphatic rings. The molecule has 0 saturated carbocycles. The predicted molar refractivity (Wildman–Crippen MR) is 75.0 cm³/mol. The smallest absolute Gasteiger partial charge is 0.124 e. The van der Waals surface area contributed by atoms with Gasteiger partial charge in [-0.1, -0.05) is 6.07 Å². The summed E-state index contributed by atoms with van der Waals surface area (Å²) in [4.78, 5) is 4.19. The minimum absolute atomic E-state index is 0.153. The van der Waals surface area contributed by atoms with Crippen molar-refractivity contribution in [2.75, 3.05) is 6.61 Å². The van der Waals surface area contributed by atoms with Crippen LogP contribution < -0.4 is 5.73 Å². The Morgan fingerprint density at radius 2 is 2.15 bits per heavy atom. The van der Waals surface area contributed by atoms with E-state index >= 15 is 0 Å². The molecule has 1 aromatic carbocycles. The number of nitrogen functional groups attached to an aromatic ring is 1. The van der Waals surface area contributed by atoms with Gasteiger partial charge in [0.2, 0.25) is 0 Å². The number of nitrogens with two attached hydrogens (primary N) is 1. The molecule has 0 atom stereocenters. The van der Waals surface area contributed by atoms with Crippen molar-refractivity contribution in [2.24, 2.45) is 5.73 Å². The molecule has 5 heteroatoms. The molecule has 2 rings (SSSR count). The Bertz CT molecular complexity index is 587. The van der Waals surface area contributed by atoms with Crippen molar-refractivity contribution in [1.29, 1.82) is 5.41 Å². The van der Waals surface area contributed by atoms with Crippen LogP contribution in [-0.4, -0.2) is 17.4 Å². The highest BCUT2D eigenvalue weighted by Crippen LogP contribution is 2.10. The van der Waals surface area contributed by atoms with Gasteiger partial charge in [0.1, 0.15) is 11.7 Å². The molecule has 0 saturated heterocycles. The summed E-state index contributed by atoms with van der Waals surface area (Å²) in [6, 6.07) is 9.99. The standard InChI is InChI=1S/C15H16FN3O/c16-13-8-11(7-12(9-13)15(17)18)10-20-6-4-14-3-1-2-5-19-14/h1-3,5,7-9H,4,6,10H2,(H3,17,18). The summed E-state index contributed by atoms with van der Waals surface area (Å²) in [5.41, 5.74) is 7.34. The monoisotopic (exact) mass is 273 g/mol. The summed E-state index contributed by atoms with van der Waals surface area (Å²) < 4.78 is 18.8. The Labute approximate surface area is 116 Å². The lowest BCUT2D eigenvalue weighted by molar-refractivity contribution is 0.123. The Morgan fingerprint density at radius 3 is 2.85 bits per heavy atom. The van der Waals surface area contributed by atoms with E-state index in [2.05, 4.69) is 4.98 Å². The fourth-order valence-corrected chi connectivity index (χ4v) is 1.80. The van der Waals surface area contributed by atoms with Gasteiger partial charge < -0.3 is 10.5 Å². The van der Waals surface area contributed by atoms with Crippen LogP contribution in [0.15, 0.2) is 42.6 Å². The number of hydrogen-bond acceptors (Lipinski definition) is 3. The Balaban J connectivity index is 1.86. The van der Waals surface area contributed by atoms with Crippen molar-refractivity contribution >= 4 is 5.84 Å². The maximum Gasteiger partial charge on any atom is 0.124 e. The minimum atomic E-state index is -0.416. The third-order valence-electron chi connectivity index (χ3n) is 2.77. The van der Waals surface area contributed by atoms with Crippen LogP contribution in [0.4, 0.5) is 4.39 Å². The first-order valence-corrected chi connectivity index (χ1v) is 6.26. The highest BCUT2D eigenvalue weighted by molar-refractivity contribution is 5.95. The quantitative estimate of drug-likeness (QED) is 0.482. The molecule has 0 unspecified atom stereocenters. The zero-order valence-corrected chi connectivity index (χ0v) is 11.0. The number of nitrogens with zero attached hydrogens (tertiary/aromatic N) is 1. The van der Waals surface area contributed by atoms with Crippen LogP contribution in [0, 0.1) is 11.2 Å². The largest absolute Gasteiger partial charge is 0.384 e. The normalized spacial score (nSPS) is 10.4. The Kier molecular flexibility index (Phi) is 4.79. The van der Waals surface area contributed by atoms with Crippen molar-refractivity contribution in [1.82, 2.24) is 4.98 Å². The van der Waals surface area contributed by atoms with E-state index in [9.17, 15) is 4.39 Å². The van der Waals surface area contributed by atoms with E-state index in [1.807, 2.05) is 18.2 Å². The van der Waals surface area contributed by atoms with Crippen LogP contribution in [0.5, 0.6) is 0 Å². The van der Waals surface area contributed by atoms with Crippen molar-refractivity contribution in [3.8, 4) is 0 Å². The lowest BCUT2D eigenvalue weighted by atomic mass is 10.1. The van der Waals surface area contributed by atoms with Gasteiger partial charge in [-0.3, -0.25) is 10.4 Å². The van der Waals surface area contributed by atoms with Crippen molar-refractivity contribution in [3.05, 3.63) is 65.2 Å². The number of benzene rings is 1. The summed E-state index contributed by atoms with van der Waals surface area (Å²) >= 11 is 0. The molecule has 0 spiro atoms. The predicted octanol–water partition coefficient (Wildman–Crippen LogP) is 2.26. The van der Waals surface area contributed by atoms with Crippen LogP contribution in [0.2, 0.25) is 0 Å². The number of pyridine rings is 1. The second kappa shape index (κ2) is 6.77. The van der Waals surface area contributed by atoms with Crippen LogP contribution in [-0.2, 0) is 17.8 Å². The van der Waals surface area contributed by atoms with E-state index in [0.717, 1.165) is 5.69 Å². The highest BCUT2D eigenvalue weighted by atomic mass is 19.1. The van der Waals surface area contributed by atoms with E-state index < -0.39 is 5.82 Å². The van der Waals surface area contributed by atoms with Gasteiger partial charge in [0.25, 0.3) is 0 Å². The SMILES string of the molecule is N=C(N)c1cc(F)cc(COCCc2ccccn2)c1. The van der Waals surface area contributed by atoms with E-state index in [4.69, 9.17) is 15.9 Å². The molecule has 0 radical (unpaired) electrons. The number of nitrogens with one attached hydrogen (secondary N) is 1. The number of aromatic nitrogens is 1. The van der Waals surface area contributed by atoms with Gasteiger partial charge >= 0.3 is 0 Å². The maximum atomic E-state index is 13.3. The van der Waals surface area contributed by atoms with E-state index in [0.29, 0.717) is 24.2 Å². The fraction of sp³-hybridized carbons (Fsp3) is 0.200. The van der Waals surface area contributed by atoms with Gasteiger partial charge in [0.15, 0.2) is 0 Å². The van der Waals surface area contributed by atoms with Gasteiger partial charge in [-0.2, -0.15) is 0 Å². The molecule has 0 aliphatic carbocycles. The molecule has 1 aromatic heterocycles. The summed E-state index contributed by atoms with van der Waals surface area (Å²) in [5.74, 6) is -0.569. The van der Waals surface area contributed by atoms with Gasteiger partial charge in [-0.15, -0.1) is 0 Å². The van der Waals surface area contributed by atoms with Crippen molar-refractivity contribution in [2.45, 2.75) is 13.0 Å². The van der Waals surface area contributed by atoms with E-state index in [-0.39, 0.29) is 12.4 Å². The molecular formula is C15H16FN3O. The zero-order valence-electron chi connectivity index (χ0n) is 11.0. The number of amidine groups is 1. The second-order valence-corrected chi connectivity index (χ2v) is 4.39. The third kappa shape index (κ3) is 4.13. The van der Waals surface area contributed by atoms with Crippen LogP contribution in [0.25, 0.3) is 0 Å². The lowest BCUT2D eigenvalue weighted by Gasteiger charge is -2.06. The summed E-state index contributed by atoms with van der Waals surface area (Å²) in [6.07, 6.45) is 2.44. The zero-order chi connectivity index (χ0) is 14.4. The summed E-state index contributed by atoms with van der Waals surface area (Å²) in [6.45, 7) is 0.786. The van der Waals surface area contributed by atoms with Gasteiger partial charge in [0.05, 0.1) is 13.2 Å². The lowest BCUT2D eigenvalue weighted by Crippen LogP contribution is -2.12. The Morgan fingerprint density at radius 1 is 1.30 bits per heavy atom. The average molecular weight is 273 g/mol. The van der Waals surface area contributed by atoms with E-state index in [1.54, 1.807) is 12.3 Å². The molecule has 0 bridgehead atoms. The average Bonchev–Trinajstić information content (AvgIpc) is 2.44. The van der Waals surface area contributed by atoms with Gasteiger partial charge in [0, 0.05) is 23.9 Å². The van der Waals surface area contributed by atoms with Crippen LogP contribution in [0.1, 0.15) is 16.8 Å². The highest BCUT2D eigenvalue weighted by Gasteiger charge is 2.03. The van der Waals surface area contributed by atoms with E-state index in [1.165, 1.54) is 12.1 Å². The number of hydrogen-bond donors (Lipinski definition) is 2. The number of rotatable bonds is 6. The molecule has 2 aromatic rings. The van der Waals surface area contributed by atoms with Gasteiger partial charge in [-0.05, 0) is 35.9 Å². The Hall–Kier alpha value is -2.27. The molecule has 3 N–H and O–H groups in total. The molecule has 104 valence electrons. The molecule has 0 fully saturated rings. The second-order valence-electron chi connectivity index (χ2n) is 4.39. The van der Waals surface area contributed by atoms with Crippen molar-refractivity contribution < 1.29 is 9.13 Å². The molecule has 20 heavy (non-hydrogen) atoms. The number of ether oxygens (including phenoxy) is 1. The molecule has 1 heterocycles. The van der Waals surface area contributed by atoms with Crippen LogP contribution in [0.3, 0.4) is 0 Å².